The molecule has 1 aromatic heterocycles. The fourth-order valence-corrected chi connectivity index (χ4v) is 3.08. The number of pyridine rings is 1. The van der Waals surface area contributed by atoms with Gasteiger partial charge in [-0.05, 0) is 36.2 Å². The van der Waals surface area contributed by atoms with Gasteiger partial charge in [-0.1, -0.05) is 30.3 Å². The predicted octanol–water partition coefficient (Wildman–Crippen LogP) is 5.15. The Morgan fingerprint density at radius 3 is 2.50 bits per heavy atom. The maximum atomic E-state index is 13.3. The third kappa shape index (κ3) is 4.59. The third-order valence-corrected chi connectivity index (χ3v) is 4.47. The maximum absolute atomic E-state index is 13.3. The van der Waals surface area contributed by atoms with Crippen LogP contribution in [0.15, 0.2) is 48.5 Å². The number of benzene rings is 2. The molecule has 0 aliphatic rings. The summed E-state index contributed by atoms with van der Waals surface area (Å²) >= 11 is 0. The maximum Gasteiger partial charge on any atom is 0.417 e. The Labute approximate surface area is 170 Å². The van der Waals surface area contributed by atoms with E-state index in [1.54, 1.807) is 6.92 Å². The van der Waals surface area contributed by atoms with Crippen LogP contribution in [0.5, 0.6) is 5.75 Å². The lowest BCUT2D eigenvalue weighted by atomic mass is 9.98. The summed E-state index contributed by atoms with van der Waals surface area (Å²) in [6.07, 6.45) is -4.89. The van der Waals surface area contributed by atoms with Gasteiger partial charge < -0.3 is 9.84 Å². The van der Waals surface area contributed by atoms with Crippen LogP contribution in [0.25, 0.3) is 22.0 Å². The number of carbonyl (C=O) groups is 2. The average Bonchev–Trinajstić information content (AvgIpc) is 2.71. The summed E-state index contributed by atoms with van der Waals surface area (Å²) in [5, 5.41) is 10.6. The number of aromatic nitrogens is 1. The molecule has 5 nitrogen and oxygen atoms in total. The molecule has 0 bridgehead atoms. The van der Waals surface area contributed by atoms with E-state index >= 15 is 0 Å². The van der Waals surface area contributed by atoms with Gasteiger partial charge in [0.2, 0.25) is 0 Å². The molecule has 1 heterocycles. The van der Waals surface area contributed by atoms with Crippen LogP contribution in [-0.4, -0.2) is 28.4 Å². The minimum atomic E-state index is -4.53. The second-order valence-electron chi connectivity index (χ2n) is 6.54. The molecule has 2 aromatic carbocycles. The number of halogens is 3. The van der Waals surface area contributed by atoms with Crippen molar-refractivity contribution in [3.05, 3.63) is 59.8 Å². The Bertz CT molecular complexity index is 1110. The molecule has 0 unspecified atom stereocenters. The van der Waals surface area contributed by atoms with Gasteiger partial charge in [0.05, 0.1) is 24.1 Å². The predicted molar refractivity (Wildman–Crippen MR) is 104 cm³/mol. The van der Waals surface area contributed by atoms with Crippen LogP contribution in [0.3, 0.4) is 0 Å². The summed E-state index contributed by atoms with van der Waals surface area (Å²) in [6.45, 7) is 1.83. The normalized spacial score (nSPS) is 11.5. The van der Waals surface area contributed by atoms with Crippen molar-refractivity contribution in [1.29, 1.82) is 0 Å². The molecule has 0 saturated heterocycles. The first-order valence-corrected chi connectivity index (χ1v) is 9.20. The van der Waals surface area contributed by atoms with Crippen molar-refractivity contribution in [1.82, 2.24) is 4.98 Å². The van der Waals surface area contributed by atoms with E-state index in [0.717, 1.165) is 6.07 Å². The van der Waals surface area contributed by atoms with Gasteiger partial charge in [-0.3, -0.25) is 9.59 Å². The van der Waals surface area contributed by atoms with E-state index in [2.05, 4.69) is 4.98 Å². The Morgan fingerprint density at radius 1 is 1.07 bits per heavy atom. The Balaban J connectivity index is 1.98. The molecule has 0 spiro atoms. The molecule has 30 heavy (non-hydrogen) atoms. The minimum absolute atomic E-state index is 0.0167. The highest BCUT2D eigenvalue weighted by atomic mass is 19.4. The lowest BCUT2D eigenvalue weighted by Crippen LogP contribution is -2.09. The highest BCUT2D eigenvalue weighted by Gasteiger charge is 2.33. The minimum Gasteiger partial charge on any atom is -0.506 e. The number of Topliss-reactive ketones (excluding diaryl/α,β-unsaturated/α-hetero) is 1. The van der Waals surface area contributed by atoms with Crippen LogP contribution in [0.1, 0.15) is 35.8 Å². The van der Waals surface area contributed by atoms with E-state index in [9.17, 15) is 27.9 Å². The highest BCUT2D eigenvalue weighted by Crippen LogP contribution is 2.38. The van der Waals surface area contributed by atoms with Gasteiger partial charge in [-0.25, -0.2) is 4.98 Å². The molecule has 156 valence electrons. The van der Waals surface area contributed by atoms with E-state index in [1.807, 2.05) is 0 Å². The summed E-state index contributed by atoms with van der Waals surface area (Å²) in [7, 11) is 0. The summed E-state index contributed by atoms with van der Waals surface area (Å²) < 4.78 is 44.8. The van der Waals surface area contributed by atoms with Gasteiger partial charge in [0.1, 0.15) is 11.4 Å². The molecular formula is C22H18F3NO4. The Hall–Kier alpha value is -3.42. The number of rotatable bonds is 6. The van der Waals surface area contributed by atoms with E-state index in [-0.39, 0.29) is 47.5 Å². The van der Waals surface area contributed by atoms with Crippen LogP contribution in [0.2, 0.25) is 0 Å². The average molecular weight is 417 g/mol. The SMILES string of the molecule is CCOC(=O)CCC(=O)c1nc2cc(-c3ccccc3C(F)(F)F)ccc2cc1O. The molecule has 0 aliphatic heterocycles. The quantitative estimate of drug-likeness (QED) is 0.443. The molecular weight excluding hydrogens is 399 g/mol. The van der Waals surface area contributed by atoms with Gasteiger partial charge in [-0.2, -0.15) is 13.2 Å². The Kier molecular flexibility index (Phi) is 6.05. The lowest BCUT2D eigenvalue weighted by molar-refractivity contribution is -0.143. The molecule has 3 rings (SSSR count). The second-order valence-corrected chi connectivity index (χ2v) is 6.54. The number of alkyl halides is 3. The van der Waals surface area contributed by atoms with Crippen LogP contribution in [-0.2, 0) is 15.7 Å². The topological polar surface area (TPSA) is 76.5 Å². The first kappa shape index (κ1) is 21.3. The van der Waals surface area contributed by atoms with Crippen LogP contribution in [0.4, 0.5) is 13.2 Å². The number of nitrogens with zero attached hydrogens (tertiary/aromatic N) is 1. The van der Waals surface area contributed by atoms with E-state index < -0.39 is 23.5 Å². The van der Waals surface area contributed by atoms with Crippen molar-refractivity contribution in [2.75, 3.05) is 6.61 Å². The number of hydrogen-bond donors (Lipinski definition) is 1. The fourth-order valence-electron chi connectivity index (χ4n) is 3.08. The van der Waals surface area contributed by atoms with Gasteiger partial charge in [0.15, 0.2) is 5.78 Å². The highest BCUT2D eigenvalue weighted by molar-refractivity contribution is 6.00. The number of fused-ring (bicyclic) bond motifs is 1. The lowest BCUT2D eigenvalue weighted by Gasteiger charge is -2.13. The van der Waals surface area contributed by atoms with Crippen molar-refractivity contribution >= 4 is 22.7 Å². The third-order valence-electron chi connectivity index (χ3n) is 4.47. The van der Waals surface area contributed by atoms with Crippen molar-refractivity contribution in [2.24, 2.45) is 0 Å². The van der Waals surface area contributed by atoms with Crippen molar-refractivity contribution in [2.45, 2.75) is 25.9 Å². The number of ether oxygens (including phenoxy) is 1. The van der Waals surface area contributed by atoms with Crippen molar-refractivity contribution < 1.29 is 32.6 Å². The van der Waals surface area contributed by atoms with Gasteiger partial charge in [0, 0.05) is 11.8 Å². The van der Waals surface area contributed by atoms with Gasteiger partial charge in [-0.15, -0.1) is 0 Å². The molecule has 0 saturated carbocycles. The molecule has 0 amide bonds. The first-order valence-electron chi connectivity index (χ1n) is 9.20. The molecule has 3 aromatic rings. The van der Waals surface area contributed by atoms with Crippen LogP contribution < -0.4 is 0 Å². The fraction of sp³-hybridized carbons (Fsp3) is 0.227. The molecule has 0 fully saturated rings. The molecule has 0 radical (unpaired) electrons. The van der Waals surface area contributed by atoms with Crippen LogP contribution in [0, 0.1) is 0 Å². The zero-order valence-electron chi connectivity index (χ0n) is 16.0. The van der Waals surface area contributed by atoms with E-state index in [0.29, 0.717) is 5.39 Å². The zero-order chi connectivity index (χ0) is 21.9. The first-order chi connectivity index (χ1) is 14.2. The van der Waals surface area contributed by atoms with Crippen molar-refractivity contribution in [3.63, 3.8) is 0 Å². The largest absolute Gasteiger partial charge is 0.506 e. The van der Waals surface area contributed by atoms with E-state index in [1.165, 1.54) is 42.5 Å². The molecule has 0 aliphatic carbocycles. The molecule has 8 heteroatoms. The monoisotopic (exact) mass is 417 g/mol. The number of carbonyl (C=O) groups excluding carboxylic acids is 2. The van der Waals surface area contributed by atoms with Gasteiger partial charge in [0.25, 0.3) is 0 Å². The Morgan fingerprint density at radius 2 is 1.80 bits per heavy atom. The number of ketones is 1. The number of hydrogen-bond acceptors (Lipinski definition) is 5. The number of aromatic hydroxyl groups is 1. The summed E-state index contributed by atoms with van der Waals surface area (Å²) in [4.78, 5) is 28.0. The van der Waals surface area contributed by atoms with Crippen molar-refractivity contribution in [3.8, 4) is 16.9 Å². The molecule has 0 atom stereocenters. The smallest absolute Gasteiger partial charge is 0.417 e. The summed E-state index contributed by atoms with van der Waals surface area (Å²) in [6, 6.07) is 10.9. The molecule has 1 N–H and O–H groups in total. The zero-order valence-corrected chi connectivity index (χ0v) is 16.0. The summed E-state index contributed by atoms with van der Waals surface area (Å²) in [5.74, 6) is -1.47. The van der Waals surface area contributed by atoms with Crippen LogP contribution >= 0.6 is 0 Å². The number of esters is 1. The summed E-state index contributed by atoms with van der Waals surface area (Å²) in [5.41, 5.74) is -0.515. The second kappa shape index (κ2) is 8.52. The van der Waals surface area contributed by atoms with Gasteiger partial charge >= 0.3 is 12.1 Å². The standard InChI is InChI=1S/C22H18F3NO4/c1-2-30-20(29)10-9-18(27)21-19(28)12-14-8-7-13(11-17(14)26-21)15-5-3-4-6-16(15)22(23,24)25/h3-8,11-12,28H,2,9-10H2,1H3. The van der Waals surface area contributed by atoms with E-state index in [4.69, 9.17) is 4.74 Å².